The number of Topliss-reactive ketones (excluding diaryl/α,β-unsaturated/α-hetero) is 1. The summed E-state index contributed by atoms with van der Waals surface area (Å²) in [4.78, 5) is 29.1. The maximum absolute atomic E-state index is 12.4. The molecule has 2 aromatic heterocycles. The van der Waals surface area contributed by atoms with Gasteiger partial charge in [0, 0.05) is 17.8 Å². The number of ketones is 1. The fraction of sp³-hybridized carbons (Fsp3) is 0.412. The van der Waals surface area contributed by atoms with Crippen molar-refractivity contribution in [3.8, 4) is 0 Å². The van der Waals surface area contributed by atoms with Crippen molar-refractivity contribution in [2.75, 3.05) is 20.6 Å². The van der Waals surface area contributed by atoms with Gasteiger partial charge in [0.15, 0.2) is 5.78 Å². The van der Waals surface area contributed by atoms with Crippen LogP contribution in [-0.4, -0.2) is 42.2 Å². The molecule has 6 nitrogen and oxygen atoms in total. The van der Waals surface area contributed by atoms with Crippen LogP contribution in [0.4, 0.5) is 0 Å². The van der Waals surface area contributed by atoms with Gasteiger partial charge in [-0.1, -0.05) is 0 Å². The van der Waals surface area contributed by atoms with Crippen molar-refractivity contribution in [1.82, 2.24) is 15.2 Å². The van der Waals surface area contributed by atoms with Crippen molar-refractivity contribution in [3.05, 3.63) is 46.7 Å². The molecule has 0 saturated heterocycles. The van der Waals surface area contributed by atoms with Gasteiger partial charge < -0.3 is 14.7 Å². The van der Waals surface area contributed by atoms with Gasteiger partial charge in [-0.3, -0.25) is 14.5 Å². The van der Waals surface area contributed by atoms with E-state index in [2.05, 4.69) is 10.3 Å². The number of hydrogen-bond acceptors (Lipinski definition) is 4. The second-order valence-electron chi connectivity index (χ2n) is 5.89. The molecule has 0 aromatic carbocycles. The fourth-order valence-corrected chi connectivity index (χ4v) is 2.80. The number of nitrogens with zero attached hydrogens (tertiary/aromatic N) is 1. The molecular weight excluding hydrogens is 294 g/mol. The highest BCUT2D eigenvalue weighted by Gasteiger charge is 2.22. The summed E-state index contributed by atoms with van der Waals surface area (Å²) in [6.07, 6.45) is 1.62. The molecule has 0 saturated carbocycles. The molecule has 2 rings (SSSR count). The fourth-order valence-electron chi connectivity index (χ4n) is 2.80. The lowest BCUT2D eigenvalue weighted by molar-refractivity contribution is 0.0933. The summed E-state index contributed by atoms with van der Waals surface area (Å²) in [6.45, 7) is 5.49. The summed E-state index contributed by atoms with van der Waals surface area (Å²) in [5, 5.41) is 2.91. The highest BCUT2D eigenvalue weighted by atomic mass is 16.3. The number of hydrogen-bond donors (Lipinski definition) is 2. The molecule has 23 heavy (non-hydrogen) atoms. The van der Waals surface area contributed by atoms with Crippen LogP contribution >= 0.6 is 0 Å². The van der Waals surface area contributed by atoms with Crippen LogP contribution in [0.3, 0.4) is 0 Å². The summed E-state index contributed by atoms with van der Waals surface area (Å²) in [7, 11) is 3.86. The van der Waals surface area contributed by atoms with Gasteiger partial charge in [-0.15, -0.1) is 0 Å². The first kappa shape index (κ1) is 17.0. The van der Waals surface area contributed by atoms with E-state index >= 15 is 0 Å². The van der Waals surface area contributed by atoms with Crippen LogP contribution in [0.2, 0.25) is 0 Å². The minimum absolute atomic E-state index is 0.0444. The Balaban J connectivity index is 2.13. The number of aromatic nitrogens is 1. The number of rotatable bonds is 6. The third kappa shape index (κ3) is 3.53. The van der Waals surface area contributed by atoms with Crippen LogP contribution in [0.15, 0.2) is 22.8 Å². The Kier molecular flexibility index (Phi) is 5.05. The molecule has 1 atom stereocenters. The van der Waals surface area contributed by atoms with Gasteiger partial charge in [0.2, 0.25) is 0 Å². The van der Waals surface area contributed by atoms with Crippen molar-refractivity contribution >= 4 is 11.7 Å². The third-order valence-electron chi connectivity index (χ3n) is 3.97. The van der Waals surface area contributed by atoms with E-state index in [4.69, 9.17) is 4.42 Å². The lowest BCUT2D eigenvalue weighted by Crippen LogP contribution is -2.34. The number of carbonyl (C=O) groups is 2. The van der Waals surface area contributed by atoms with Gasteiger partial charge in [-0.25, -0.2) is 0 Å². The first-order chi connectivity index (χ1) is 10.8. The highest BCUT2D eigenvalue weighted by Crippen LogP contribution is 2.20. The lowest BCUT2D eigenvalue weighted by Gasteiger charge is -2.22. The number of amides is 1. The van der Waals surface area contributed by atoms with Crippen LogP contribution in [0.1, 0.15) is 50.8 Å². The van der Waals surface area contributed by atoms with Gasteiger partial charge in [0.1, 0.15) is 11.5 Å². The van der Waals surface area contributed by atoms with E-state index in [0.717, 1.165) is 11.5 Å². The van der Waals surface area contributed by atoms with Crippen LogP contribution in [0.5, 0.6) is 0 Å². The predicted molar refractivity (Wildman–Crippen MR) is 87.7 cm³/mol. The monoisotopic (exact) mass is 317 g/mol. The maximum atomic E-state index is 12.4. The van der Waals surface area contributed by atoms with Gasteiger partial charge in [0.05, 0.1) is 12.3 Å². The second kappa shape index (κ2) is 6.83. The van der Waals surface area contributed by atoms with Gasteiger partial charge in [0.25, 0.3) is 5.91 Å². The Morgan fingerprint density at radius 2 is 2.04 bits per heavy atom. The molecule has 0 aliphatic carbocycles. The summed E-state index contributed by atoms with van der Waals surface area (Å²) in [5.41, 5.74) is 2.43. The van der Waals surface area contributed by atoms with Crippen molar-refractivity contribution in [2.45, 2.75) is 26.8 Å². The van der Waals surface area contributed by atoms with Crippen LogP contribution in [0.25, 0.3) is 0 Å². The molecule has 124 valence electrons. The zero-order valence-corrected chi connectivity index (χ0v) is 14.2. The zero-order valence-electron chi connectivity index (χ0n) is 14.2. The molecule has 0 unspecified atom stereocenters. The molecule has 0 bridgehead atoms. The van der Waals surface area contributed by atoms with Crippen LogP contribution < -0.4 is 5.32 Å². The molecule has 0 aliphatic rings. The number of nitrogens with one attached hydrogen (secondary N) is 2. The Morgan fingerprint density at radius 3 is 2.52 bits per heavy atom. The van der Waals surface area contributed by atoms with E-state index in [1.54, 1.807) is 20.1 Å². The molecule has 0 aliphatic heterocycles. The molecular formula is C17H23N3O3. The van der Waals surface area contributed by atoms with Crippen LogP contribution in [-0.2, 0) is 0 Å². The largest absolute Gasteiger partial charge is 0.468 e. The number of H-pyrrole nitrogens is 1. The smallest absolute Gasteiger partial charge is 0.268 e. The minimum atomic E-state index is -0.225. The average Bonchev–Trinajstić information content (AvgIpc) is 3.06. The number of likely N-dealkylation sites (N-methyl/N-ethyl adjacent to an activating group) is 1. The standard InChI is InChI=1S/C17H23N3O3/c1-10-15(12(3)21)11(2)19-16(10)17(22)18-9-13(20(4)5)14-7-6-8-23-14/h6-8,13,19H,9H2,1-5H3,(H,18,22)/t13-/m1/s1. The number of aromatic amines is 1. The summed E-state index contributed by atoms with van der Waals surface area (Å²) in [5.74, 6) is 0.521. The number of aryl methyl sites for hydroxylation is 1. The maximum Gasteiger partial charge on any atom is 0.268 e. The molecule has 2 N–H and O–H groups in total. The Morgan fingerprint density at radius 1 is 1.35 bits per heavy atom. The Hall–Kier alpha value is -2.34. The molecule has 2 heterocycles. The van der Waals surface area contributed by atoms with Crippen molar-refractivity contribution < 1.29 is 14.0 Å². The van der Waals surface area contributed by atoms with Gasteiger partial charge in [-0.2, -0.15) is 0 Å². The number of furan rings is 1. The first-order valence-corrected chi connectivity index (χ1v) is 7.51. The molecule has 6 heteroatoms. The Labute approximate surface area is 135 Å². The molecule has 0 fully saturated rings. The van der Waals surface area contributed by atoms with E-state index in [1.165, 1.54) is 6.92 Å². The lowest BCUT2D eigenvalue weighted by atomic mass is 10.1. The van der Waals surface area contributed by atoms with Crippen molar-refractivity contribution in [3.63, 3.8) is 0 Å². The van der Waals surface area contributed by atoms with Crippen molar-refractivity contribution in [2.24, 2.45) is 0 Å². The molecule has 0 spiro atoms. The van der Waals surface area contributed by atoms with Gasteiger partial charge in [-0.05, 0) is 52.6 Å². The highest BCUT2D eigenvalue weighted by molar-refractivity contribution is 6.02. The van der Waals surface area contributed by atoms with E-state index in [1.807, 2.05) is 31.1 Å². The summed E-state index contributed by atoms with van der Waals surface area (Å²) >= 11 is 0. The predicted octanol–water partition coefficient (Wildman–Crippen LogP) is 2.46. The SMILES string of the molecule is CC(=O)c1c(C)[nH]c(C(=O)NC[C@H](c2ccco2)N(C)C)c1C. The van der Waals surface area contributed by atoms with Gasteiger partial charge >= 0.3 is 0 Å². The average molecular weight is 317 g/mol. The summed E-state index contributed by atoms with van der Waals surface area (Å²) in [6, 6.07) is 3.65. The van der Waals surface area contributed by atoms with Crippen molar-refractivity contribution in [1.29, 1.82) is 0 Å². The number of carbonyl (C=O) groups excluding carboxylic acids is 2. The molecule has 1 amide bonds. The summed E-state index contributed by atoms with van der Waals surface area (Å²) < 4.78 is 5.43. The van der Waals surface area contributed by atoms with E-state index in [0.29, 0.717) is 23.4 Å². The second-order valence-corrected chi connectivity index (χ2v) is 5.89. The van der Waals surface area contributed by atoms with E-state index in [9.17, 15) is 9.59 Å². The quantitative estimate of drug-likeness (QED) is 0.802. The molecule has 0 radical (unpaired) electrons. The molecule has 2 aromatic rings. The first-order valence-electron chi connectivity index (χ1n) is 7.51. The van der Waals surface area contributed by atoms with E-state index < -0.39 is 0 Å². The zero-order chi connectivity index (χ0) is 17.1. The topological polar surface area (TPSA) is 78.3 Å². The minimum Gasteiger partial charge on any atom is -0.468 e. The van der Waals surface area contributed by atoms with E-state index in [-0.39, 0.29) is 17.7 Å². The third-order valence-corrected chi connectivity index (χ3v) is 3.97. The van der Waals surface area contributed by atoms with Crippen LogP contribution in [0, 0.1) is 13.8 Å². The normalized spacial score (nSPS) is 12.4. The Bertz CT molecular complexity index is 699.